The number of aliphatic hydroxyl groups excluding tert-OH is 2. The number of nitrogens with zero attached hydrogens (tertiary/aromatic N) is 2. The van der Waals surface area contributed by atoms with Crippen molar-refractivity contribution in [3.63, 3.8) is 0 Å². The van der Waals surface area contributed by atoms with Gasteiger partial charge in [-0.05, 0) is 6.07 Å². The predicted molar refractivity (Wildman–Crippen MR) is 72.5 cm³/mol. The third-order valence-corrected chi connectivity index (χ3v) is 3.01. The van der Waals surface area contributed by atoms with Gasteiger partial charge in [-0.25, -0.2) is 9.37 Å². The highest BCUT2D eigenvalue weighted by Crippen LogP contribution is 2.19. The van der Waals surface area contributed by atoms with E-state index in [4.69, 9.17) is 5.11 Å². The number of benzene rings is 1. The number of nitrogens with one attached hydrogen (secondary N) is 1. The molecule has 112 valence electrons. The number of H-pyrrole nitrogens is 1. The van der Waals surface area contributed by atoms with E-state index in [-0.39, 0.29) is 25.3 Å². The van der Waals surface area contributed by atoms with E-state index < -0.39 is 17.8 Å². The first-order valence-electron chi connectivity index (χ1n) is 6.44. The SMILES string of the molecule is O=C(C(O)c1ccccc1F)N(CCO)Cc1ncc[nH]1. The van der Waals surface area contributed by atoms with Crippen molar-refractivity contribution in [3.05, 3.63) is 53.9 Å². The number of hydrogen-bond acceptors (Lipinski definition) is 4. The molecule has 3 N–H and O–H groups in total. The number of amides is 1. The number of carbonyl (C=O) groups is 1. The van der Waals surface area contributed by atoms with Crippen molar-refractivity contribution in [1.82, 2.24) is 14.9 Å². The van der Waals surface area contributed by atoms with Crippen LogP contribution in [0.4, 0.5) is 4.39 Å². The molecule has 0 aliphatic rings. The molecular formula is C14H16FN3O3. The first kappa shape index (κ1) is 15.1. The second-order valence-corrected chi connectivity index (χ2v) is 4.44. The van der Waals surface area contributed by atoms with Crippen LogP contribution in [0.1, 0.15) is 17.5 Å². The first-order chi connectivity index (χ1) is 10.1. The van der Waals surface area contributed by atoms with Gasteiger partial charge in [-0.2, -0.15) is 0 Å². The van der Waals surface area contributed by atoms with E-state index in [1.807, 2.05) is 0 Å². The standard InChI is InChI=1S/C14H16FN3O3/c15-11-4-2-1-3-10(11)13(20)14(21)18(7-8-19)9-12-16-5-6-17-12/h1-6,13,19-20H,7-9H2,(H,16,17). The number of carbonyl (C=O) groups excluding carboxylic acids is 1. The zero-order valence-corrected chi connectivity index (χ0v) is 11.2. The van der Waals surface area contributed by atoms with Crippen molar-refractivity contribution in [2.45, 2.75) is 12.6 Å². The predicted octanol–water partition coefficient (Wildman–Crippen LogP) is 0.603. The molecule has 1 amide bonds. The summed E-state index contributed by atoms with van der Waals surface area (Å²) in [6, 6.07) is 5.54. The topological polar surface area (TPSA) is 89.4 Å². The van der Waals surface area contributed by atoms with Crippen LogP contribution in [-0.2, 0) is 11.3 Å². The van der Waals surface area contributed by atoms with Crippen LogP contribution < -0.4 is 0 Å². The van der Waals surface area contributed by atoms with Gasteiger partial charge in [-0.3, -0.25) is 4.79 Å². The van der Waals surface area contributed by atoms with E-state index in [2.05, 4.69) is 9.97 Å². The van der Waals surface area contributed by atoms with Crippen molar-refractivity contribution in [1.29, 1.82) is 0 Å². The highest BCUT2D eigenvalue weighted by Gasteiger charge is 2.26. The molecule has 0 spiro atoms. The molecule has 1 heterocycles. The Morgan fingerprint density at radius 2 is 2.19 bits per heavy atom. The summed E-state index contributed by atoms with van der Waals surface area (Å²) in [7, 11) is 0. The van der Waals surface area contributed by atoms with Gasteiger partial charge in [0.2, 0.25) is 0 Å². The van der Waals surface area contributed by atoms with Crippen LogP contribution in [0.25, 0.3) is 0 Å². The minimum absolute atomic E-state index is 0.0189. The lowest BCUT2D eigenvalue weighted by molar-refractivity contribution is -0.142. The average Bonchev–Trinajstić information content (AvgIpc) is 2.99. The lowest BCUT2D eigenvalue weighted by atomic mass is 10.1. The Balaban J connectivity index is 2.16. The van der Waals surface area contributed by atoms with Gasteiger partial charge in [0, 0.05) is 24.5 Å². The molecule has 1 aromatic carbocycles. The van der Waals surface area contributed by atoms with Crippen LogP contribution in [0.2, 0.25) is 0 Å². The summed E-state index contributed by atoms with van der Waals surface area (Å²) in [5.74, 6) is -0.830. The molecular weight excluding hydrogens is 277 g/mol. The molecule has 0 fully saturated rings. The fourth-order valence-electron chi connectivity index (χ4n) is 1.96. The maximum atomic E-state index is 13.6. The largest absolute Gasteiger partial charge is 0.395 e. The fourth-order valence-corrected chi connectivity index (χ4v) is 1.96. The Labute approximate surface area is 120 Å². The molecule has 21 heavy (non-hydrogen) atoms. The lowest BCUT2D eigenvalue weighted by Crippen LogP contribution is -2.37. The number of aromatic amines is 1. The van der Waals surface area contributed by atoms with Gasteiger partial charge in [-0.1, -0.05) is 18.2 Å². The quantitative estimate of drug-likeness (QED) is 0.727. The van der Waals surface area contributed by atoms with Crippen LogP contribution in [0.3, 0.4) is 0 Å². The highest BCUT2D eigenvalue weighted by molar-refractivity contribution is 5.82. The maximum Gasteiger partial charge on any atom is 0.256 e. The Bertz CT molecular complexity index is 589. The Hall–Kier alpha value is -2.25. The van der Waals surface area contributed by atoms with Crippen molar-refractivity contribution in [2.75, 3.05) is 13.2 Å². The van der Waals surface area contributed by atoms with Gasteiger partial charge in [0.05, 0.1) is 13.2 Å². The Morgan fingerprint density at radius 3 is 2.81 bits per heavy atom. The van der Waals surface area contributed by atoms with Gasteiger partial charge in [0.15, 0.2) is 6.10 Å². The van der Waals surface area contributed by atoms with Crippen LogP contribution in [-0.4, -0.2) is 44.1 Å². The molecule has 0 saturated carbocycles. The van der Waals surface area contributed by atoms with E-state index in [1.54, 1.807) is 6.20 Å². The molecule has 0 aliphatic carbocycles. The molecule has 1 atom stereocenters. The van der Waals surface area contributed by atoms with E-state index in [0.29, 0.717) is 5.82 Å². The number of imidazole rings is 1. The minimum Gasteiger partial charge on any atom is -0.395 e. The van der Waals surface area contributed by atoms with Gasteiger partial charge >= 0.3 is 0 Å². The fraction of sp³-hybridized carbons (Fsp3) is 0.286. The monoisotopic (exact) mass is 293 g/mol. The summed E-state index contributed by atoms with van der Waals surface area (Å²) in [5.41, 5.74) is -0.0927. The zero-order chi connectivity index (χ0) is 15.2. The molecule has 0 aliphatic heterocycles. The highest BCUT2D eigenvalue weighted by atomic mass is 19.1. The van der Waals surface area contributed by atoms with Gasteiger partial charge < -0.3 is 20.1 Å². The third-order valence-electron chi connectivity index (χ3n) is 3.01. The van der Waals surface area contributed by atoms with Crippen molar-refractivity contribution in [3.8, 4) is 0 Å². The minimum atomic E-state index is -1.62. The lowest BCUT2D eigenvalue weighted by Gasteiger charge is -2.24. The first-order valence-corrected chi connectivity index (χ1v) is 6.44. The number of halogens is 1. The van der Waals surface area contributed by atoms with Crippen LogP contribution in [0.15, 0.2) is 36.7 Å². The molecule has 0 saturated heterocycles. The average molecular weight is 293 g/mol. The number of rotatable bonds is 6. The van der Waals surface area contributed by atoms with Gasteiger partial charge in [0.1, 0.15) is 11.6 Å². The number of aromatic nitrogens is 2. The van der Waals surface area contributed by atoms with E-state index >= 15 is 0 Å². The van der Waals surface area contributed by atoms with Gasteiger partial charge in [0.25, 0.3) is 5.91 Å². The smallest absolute Gasteiger partial charge is 0.256 e. The Morgan fingerprint density at radius 1 is 1.43 bits per heavy atom. The molecule has 2 aromatic rings. The van der Waals surface area contributed by atoms with E-state index in [0.717, 1.165) is 0 Å². The number of aliphatic hydroxyl groups is 2. The third kappa shape index (κ3) is 3.65. The summed E-state index contributed by atoms with van der Waals surface area (Å²) in [5, 5.41) is 19.1. The summed E-state index contributed by atoms with van der Waals surface area (Å²) < 4.78 is 13.6. The summed E-state index contributed by atoms with van der Waals surface area (Å²) in [6.07, 6.45) is 1.52. The van der Waals surface area contributed by atoms with Crippen molar-refractivity contribution >= 4 is 5.91 Å². The van der Waals surface area contributed by atoms with Crippen LogP contribution in [0, 0.1) is 5.82 Å². The van der Waals surface area contributed by atoms with E-state index in [9.17, 15) is 14.3 Å². The van der Waals surface area contributed by atoms with Crippen molar-refractivity contribution < 1.29 is 19.4 Å². The zero-order valence-electron chi connectivity index (χ0n) is 11.2. The molecule has 7 heteroatoms. The summed E-state index contributed by atoms with van der Waals surface area (Å²) in [6.45, 7) is -0.153. The Kier molecular flexibility index (Phi) is 5.02. The normalized spacial score (nSPS) is 12.1. The summed E-state index contributed by atoms with van der Waals surface area (Å²) >= 11 is 0. The second-order valence-electron chi connectivity index (χ2n) is 4.44. The molecule has 2 rings (SSSR count). The molecule has 6 nitrogen and oxygen atoms in total. The van der Waals surface area contributed by atoms with Crippen LogP contribution in [0.5, 0.6) is 0 Å². The second kappa shape index (κ2) is 6.96. The maximum absolute atomic E-state index is 13.6. The number of hydrogen-bond donors (Lipinski definition) is 3. The molecule has 1 aromatic heterocycles. The van der Waals surface area contributed by atoms with Gasteiger partial charge in [-0.15, -0.1) is 0 Å². The molecule has 1 unspecified atom stereocenters. The van der Waals surface area contributed by atoms with Crippen molar-refractivity contribution in [2.24, 2.45) is 0 Å². The molecule has 0 bridgehead atoms. The molecule has 0 radical (unpaired) electrons. The van der Waals surface area contributed by atoms with E-state index in [1.165, 1.54) is 35.4 Å². The van der Waals surface area contributed by atoms with Crippen LogP contribution >= 0.6 is 0 Å². The summed E-state index contributed by atoms with van der Waals surface area (Å²) in [4.78, 5) is 20.3.